The molecule has 1 aliphatic heterocycles. The van der Waals surface area contributed by atoms with Crippen molar-refractivity contribution in [1.82, 2.24) is 0 Å². The normalized spacial score (nSPS) is 12.3. The molecule has 3 aromatic rings. The summed E-state index contributed by atoms with van der Waals surface area (Å²) >= 11 is 1.71. The molecule has 0 bridgehead atoms. The average Bonchev–Trinajstić information content (AvgIpc) is 2.79. The summed E-state index contributed by atoms with van der Waals surface area (Å²) in [5.41, 5.74) is 2.23. The highest BCUT2D eigenvalue weighted by Gasteiger charge is 2.15. The first-order valence-corrected chi connectivity index (χ1v) is 10.9. The highest BCUT2D eigenvalue weighted by molar-refractivity contribution is 7.98. The fourth-order valence-corrected chi connectivity index (χ4v) is 4.03. The lowest BCUT2D eigenvalue weighted by atomic mass is 10.1. The van der Waals surface area contributed by atoms with Gasteiger partial charge in [0, 0.05) is 33.5 Å². The number of thioether (sulfide) groups is 1. The van der Waals surface area contributed by atoms with E-state index in [1.807, 2.05) is 49.4 Å². The first-order chi connectivity index (χ1) is 14.7. The third-order valence-corrected chi connectivity index (χ3v) is 5.62. The highest BCUT2D eigenvalue weighted by Crippen LogP contribution is 2.33. The topological polar surface area (TPSA) is 56.8 Å². The van der Waals surface area contributed by atoms with Gasteiger partial charge in [-0.3, -0.25) is 4.79 Å². The molecule has 3 aromatic carbocycles. The Labute approximate surface area is 180 Å². The molecule has 0 aromatic heterocycles. The Balaban J connectivity index is 1.50. The molecule has 6 heteroatoms. The van der Waals surface area contributed by atoms with E-state index in [9.17, 15) is 4.79 Å². The molecule has 1 aliphatic rings. The Bertz CT molecular complexity index is 1020. The number of fused-ring (bicyclic) bond motifs is 1. The Morgan fingerprint density at radius 2 is 1.80 bits per heavy atom. The Morgan fingerprint density at radius 3 is 2.60 bits per heavy atom. The third kappa shape index (κ3) is 4.89. The summed E-state index contributed by atoms with van der Waals surface area (Å²) in [5.74, 6) is 2.67. The first-order valence-electron chi connectivity index (χ1n) is 9.87. The minimum Gasteiger partial charge on any atom is -0.494 e. The monoisotopic (exact) mass is 421 g/mol. The number of carbonyl (C=O) groups is 1. The van der Waals surface area contributed by atoms with Gasteiger partial charge < -0.3 is 19.5 Å². The van der Waals surface area contributed by atoms with Crippen molar-refractivity contribution in [3.8, 4) is 17.2 Å². The number of nitrogens with one attached hydrogen (secondary N) is 1. The molecule has 0 saturated heterocycles. The zero-order valence-electron chi connectivity index (χ0n) is 16.7. The number of carbonyl (C=O) groups excluding carboxylic acids is 1. The van der Waals surface area contributed by atoms with E-state index in [0.717, 1.165) is 11.3 Å². The van der Waals surface area contributed by atoms with Gasteiger partial charge >= 0.3 is 0 Å². The quantitative estimate of drug-likeness (QED) is 0.518. The Hall–Kier alpha value is -3.12. The van der Waals surface area contributed by atoms with Gasteiger partial charge in [-0.1, -0.05) is 18.2 Å². The van der Waals surface area contributed by atoms with Crippen LogP contribution in [0.25, 0.3) is 0 Å². The number of benzene rings is 3. The van der Waals surface area contributed by atoms with E-state index >= 15 is 0 Å². The van der Waals surface area contributed by atoms with Crippen molar-refractivity contribution in [2.45, 2.75) is 17.6 Å². The van der Waals surface area contributed by atoms with Crippen LogP contribution in [0.4, 0.5) is 5.69 Å². The summed E-state index contributed by atoms with van der Waals surface area (Å²) in [7, 11) is 0. The number of rotatable bonds is 7. The van der Waals surface area contributed by atoms with Crippen LogP contribution >= 0.6 is 11.8 Å². The lowest BCUT2D eigenvalue weighted by molar-refractivity contribution is 0.102. The van der Waals surface area contributed by atoms with Crippen molar-refractivity contribution in [2.24, 2.45) is 0 Å². The van der Waals surface area contributed by atoms with Crippen LogP contribution in [0.5, 0.6) is 17.2 Å². The zero-order chi connectivity index (χ0) is 20.8. The van der Waals surface area contributed by atoms with Crippen molar-refractivity contribution in [1.29, 1.82) is 0 Å². The maximum absolute atomic E-state index is 12.8. The van der Waals surface area contributed by atoms with Crippen LogP contribution in [0, 0.1) is 0 Å². The number of hydrogen-bond acceptors (Lipinski definition) is 5. The standard InChI is InChI=1S/C24H23NO4S/c1-2-27-21-10-8-17(14-18(21)16-30-20-6-4-3-5-7-20)24(26)25-19-9-11-22-23(15-19)29-13-12-28-22/h3-11,14-15H,2,12-13,16H2,1H3,(H,25,26). The molecule has 0 fully saturated rings. The van der Waals surface area contributed by atoms with Gasteiger partial charge in [0.1, 0.15) is 19.0 Å². The molecule has 1 N–H and O–H groups in total. The molecule has 154 valence electrons. The summed E-state index contributed by atoms with van der Waals surface area (Å²) in [6.07, 6.45) is 0. The van der Waals surface area contributed by atoms with Gasteiger partial charge in [-0.2, -0.15) is 0 Å². The minimum absolute atomic E-state index is 0.180. The molecular formula is C24H23NO4S. The van der Waals surface area contributed by atoms with E-state index in [1.54, 1.807) is 23.9 Å². The van der Waals surface area contributed by atoms with E-state index in [0.29, 0.717) is 48.3 Å². The largest absolute Gasteiger partial charge is 0.494 e. The molecule has 0 spiro atoms. The number of ether oxygens (including phenoxy) is 3. The van der Waals surface area contributed by atoms with Gasteiger partial charge in [0.05, 0.1) is 6.61 Å². The third-order valence-electron chi connectivity index (χ3n) is 4.56. The van der Waals surface area contributed by atoms with Gasteiger partial charge in [-0.05, 0) is 49.4 Å². The van der Waals surface area contributed by atoms with Crippen molar-refractivity contribution in [3.05, 3.63) is 77.9 Å². The SMILES string of the molecule is CCOc1ccc(C(=O)Nc2ccc3c(c2)OCCO3)cc1CSc1ccccc1. The second-order valence-corrected chi connectivity index (χ2v) is 7.72. The fraction of sp³-hybridized carbons (Fsp3) is 0.208. The smallest absolute Gasteiger partial charge is 0.255 e. The molecule has 0 radical (unpaired) electrons. The summed E-state index contributed by atoms with van der Waals surface area (Å²) in [4.78, 5) is 14.0. The van der Waals surface area contributed by atoms with Crippen LogP contribution < -0.4 is 19.5 Å². The summed E-state index contributed by atoms with van der Waals surface area (Å²) in [6.45, 7) is 3.57. The van der Waals surface area contributed by atoms with Crippen molar-refractivity contribution in [2.75, 3.05) is 25.1 Å². The van der Waals surface area contributed by atoms with E-state index in [-0.39, 0.29) is 5.91 Å². The molecule has 1 amide bonds. The highest BCUT2D eigenvalue weighted by atomic mass is 32.2. The van der Waals surface area contributed by atoms with Crippen LogP contribution in [-0.2, 0) is 5.75 Å². The van der Waals surface area contributed by atoms with Crippen LogP contribution in [-0.4, -0.2) is 25.7 Å². The van der Waals surface area contributed by atoms with Gasteiger partial charge in [0.15, 0.2) is 11.5 Å². The molecule has 0 saturated carbocycles. The summed E-state index contributed by atoms with van der Waals surface area (Å²) in [6, 6.07) is 21.1. The van der Waals surface area contributed by atoms with Gasteiger partial charge in [0.2, 0.25) is 0 Å². The number of amides is 1. The Kier molecular flexibility index (Phi) is 6.44. The zero-order valence-corrected chi connectivity index (χ0v) is 17.5. The van der Waals surface area contributed by atoms with Crippen molar-refractivity contribution < 1.29 is 19.0 Å². The maximum atomic E-state index is 12.8. The number of hydrogen-bond donors (Lipinski definition) is 1. The van der Waals surface area contributed by atoms with Crippen LogP contribution in [0.1, 0.15) is 22.8 Å². The van der Waals surface area contributed by atoms with E-state index in [1.165, 1.54) is 4.90 Å². The first kappa shape index (κ1) is 20.2. The molecule has 5 nitrogen and oxygen atoms in total. The molecule has 30 heavy (non-hydrogen) atoms. The molecule has 1 heterocycles. The van der Waals surface area contributed by atoms with Gasteiger partial charge in [0.25, 0.3) is 5.91 Å². The van der Waals surface area contributed by atoms with E-state index < -0.39 is 0 Å². The Morgan fingerprint density at radius 1 is 1.00 bits per heavy atom. The van der Waals surface area contributed by atoms with Crippen molar-refractivity contribution >= 4 is 23.4 Å². The lowest BCUT2D eigenvalue weighted by Crippen LogP contribution is -2.16. The molecule has 0 atom stereocenters. The van der Waals surface area contributed by atoms with Crippen LogP contribution in [0.2, 0.25) is 0 Å². The second-order valence-electron chi connectivity index (χ2n) is 6.67. The van der Waals surface area contributed by atoms with Crippen LogP contribution in [0.15, 0.2) is 71.6 Å². The average molecular weight is 422 g/mol. The molecule has 4 rings (SSSR count). The summed E-state index contributed by atoms with van der Waals surface area (Å²) in [5, 5.41) is 2.94. The fourth-order valence-electron chi connectivity index (χ4n) is 3.13. The molecule has 0 aliphatic carbocycles. The molecule has 0 unspecified atom stereocenters. The van der Waals surface area contributed by atoms with Crippen LogP contribution in [0.3, 0.4) is 0 Å². The predicted octanol–water partition coefficient (Wildman–Crippen LogP) is 5.40. The van der Waals surface area contributed by atoms with Crippen molar-refractivity contribution in [3.63, 3.8) is 0 Å². The second kappa shape index (κ2) is 9.59. The van der Waals surface area contributed by atoms with E-state index in [4.69, 9.17) is 14.2 Å². The summed E-state index contributed by atoms with van der Waals surface area (Å²) < 4.78 is 16.9. The predicted molar refractivity (Wildman–Crippen MR) is 119 cm³/mol. The number of anilines is 1. The molecular weight excluding hydrogens is 398 g/mol. The lowest BCUT2D eigenvalue weighted by Gasteiger charge is -2.19. The maximum Gasteiger partial charge on any atom is 0.255 e. The van der Waals surface area contributed by atoms with Gasteiger partial charge in [-0.25, -0.2) is 0 Å². The minimum atomic E-state index is -0.180. The van der Waals surface area contributed by atoms with E-state index in [2.05, 4.69) is 17.4 Å². The van der Waals surface area contributed by atoms with Gasteiger partial charge in [-0.15, -0.1) is 11.8 Å².